The Bertz CT molecular complexity index is 1320. The third kappa shape index (κ3) is 5.16. The van der Waals surface area contributed by atoms with Crippen molar-refractivity contribution in [2.24, 2.45) is 0 Å². The summed E-state index contributed by atoms with van der Waals surface area (Å²) in [5.41, 5.74) is 0.547. The van der Waals surface area contributed by atoms with Crippen molar-refractivity contribution in [3.05, 3.63) is 89.4 Å². The van der Waals surface area contributed by atoms with E-state index in [4.69, 9.17) is 4.42 Å². The molecule has 4 rings (SSSR count). The first-order valence-electron chi connectivity index (χ1n) is 11.3. The molecular weight excluding hydrogens is 466 g/mol. The van der Waals surface area contributed by atoms with Gasteiger partial charge in [0.05, 0.1) is 18.0 Å². The second kappa shape index (κ2) is 9.67. The molecule has 2 heterocycles. The van der Waals surface area contributed by atoms with Crippen molar-refractivity contribution in [3.63, 3.8) is 0 Å². The van der Waals surface area contributed by atoms with E-state index in [-0.39, 0.29) is 31.1 Å². The summed E-state index contributed by atoms with van der Waals surface area (Å²) in [7, 11) is -3.98. The van der Waals surface area contributed by atoms with Gasteiger partial charge in [0.2, 0.25) is 21.8 Å². The molecule has 1 atom stereocenters. The monoisotopic (exact) mass is 495 g/mol. The average Bonchev–Trinajstić information content (AvgIpc) is 3.26. The number of aryl methyl sites for hydroxylation is 2. The summed E-state index contributed by atoms with van der Waals surface area (Å²) in [6.07, 6.45) is 0. The van der Waals surface area contributed by atoms with Crippen LogP contribution < -0.4 is 5.32 Å². The summed E-state index contributed by atoms with van der Waals surface area (Å²) in [5, 5.41) is 2.90. The normalized spacial score (nSPS) is 19.1. The number of rotatable bonds is 7. The zero-order valence-corrected chi connectivity index (χ0v) is 20.8. The summed E-state index contributed by atoms with van der Waals surface area (Å²) in [6, 6.07) is 19.2. The van der Waals surface area contributed by atoms with Gasteiger partial charge in [-0.05, 0) is 50.6 Å². The Morgan fingerprint density at radius 3 is 2.34 bits per heavy atom. The Morgan fingerprint density at radius 2 is 1.71 bits per heavy atom. The minimum atomic E-state index is -3.98. The van der Waals surface area contributed by atoms with Gasteiger partial charge in [-0.1, -0.05) is 48.0 Å². The van der Waals surface area contributed by atoms with Crippen molar-refractivity contribution in [2.45, 2.75) is 44.3 Å². The Labute approximate surface area is 205 Å². The molecule has 1 aliphatic heterocycles. The van der Waals surface area contributed by atoms with Gasteiger partial charge in [-0.25, -0.2) is 8.42 Å². The number of carbonyl (C=O) groups excluding carboxylic acids is 2. The highest BCUT2D eigenvalue weighted by molar-refractivity contribution is 7.89. The number of nitrogens with one attached hydrogen (secondary N) is 1. The number of piperazine rings is 1. The van der Waals surface area contributed by atoms with Gasteiger partial charge in [0.25, 0.3) is 0 Å². The smallest absolute Gasteiger partial charge is 0.247 e. The first-order valence-corrected chi connectivity index (χ1v) is 12.8. The van der Waals surface area contributed by atoms with E-state index in [2.05, 4.69) is 5.32 Å². The molecule has 1 fully saturated rings. The van der Waals surface area contributed by atoms with Crippen molar-refractivity contribution in [2.75, 3.05) is 13.1 Å². The third-order valence-electron chi connectivity index (χ3n) is 6.25. The molecule has 0 bridgehead atoms. The molecule has 1 aromatic heterocycles. The van der Waals surface area contributed by atoms with Crippen LogP contribution in [0.15, 0.2) is 76.0 Å². The van der Waals surface area contributed by atoms with Crippen molar-refractivity contribution in [1.82, 2.24) is 14.5 Å². The second-order valence-corrected chi connectivity index (χ2v) is 11.0. The highest BCUT2D eigenvalue weighted by atomic mass is 32.2. The van der Waals surface area contributed by atoms with E-state index in [1.165, 1.54) is 17.0 Å². The average molecular weight is 496 g/mol. The molecule has 1 aliphatic rings. The van der Waals surface area contributed by atoms with Crippen LogP contribution in [-0.2, 0) is 32.7 Å². The first-order chi connectivity index (χ1) is 16.6. The quantitative estimate of drug-likeness (QED) is 0.543. The first kappa shape index (κ1) is 24.7. The van der Waals surface area contributed by atoms with Gasteiger partial charge in [-0.2, -0.15) is 4.31 Å². The van der Waals surface area contributed by atoms with Crippen LogP contribution in [0.25, 0.3) is 0 Å². The molecule has 8 nitrogen and oxygen atoms in total. The summed E-state index contributed by atoms with van der Waals surface area (Å²) < 4.78 is 33.4. The highest BCUT2D eigenvalue weighted by Gasteiger charge is 2.50. The lowest BCUT2D eigenvalue weighted by atomic mass is 9.95. The van der Waals surface area contributed by atoms with Gasteiger partial charge in [0.15, 0.2) is 0 Å². The maximum atomic E-state index is 13.6. The lowest BCUT2D eigenvalue weighted by Crippen LogP contribution is -2.69. The van der Waals surface area contributed by atoms with Crippen LogP contribution in [0.4, 0.5) is 0 Å². The van der Waals surface area contributed by atoms with Crippen molar-refractivity contribution in [3.8, 4) is 0 Å². The summed E-state index contributed by atoms with van der Waals surface area (Å²) in [4.78, 5) is 28.4. The van der Waals surface area contributed by atoms with E-state index in [0.717, 1.165) is 15.4 Å². The lowest BCUT2D eigenvalue weighted by molar-refractivity contribution is -0.154. The van der Waals surface area contributed by atoms with Gasteiger partial charge in [0.1, 0.15) is 17.1 Å². The van der Waals surface area contributed by atoms with Crippen LogP contribution >= 0.6 is 0 Å². The van der Waals surface area contributed by atoms with E-state index in [1.807, 2.05) is 31.2 Å². The maximum Gasteiger partial charge on any atom is 0.247 e. The highest BCUT2D eigenvalue weighted by Crippen LogP contribution is 2.29. The minimum Gasteiger partial charge on any atom is -0.464 e. The molecule has 184 valence electrons. The second-order valence-electron chi connectivity index (χ2n) is 9.02. The zero-order valence-electron chi connectivity index (χ0n) is 20.0. The number of hydrogen-bond acceptors (Lipinski definition) is 5. The molecule has 9 heteroatoms. The molecular formula is C26H29N3O5S. The van der Waals surface area contributed by atoms with E-state index < -0.39 is 27.4 Å². The Morgan fingerprint density at radius 1 is 1.03 bits per heavy atom. The fourth-order valence-electron chi connectivity index (χ4n) is 4.17. The lowest BCUT2D eigenvalue weighted by Gasteiger charge is -2.46. The molecule has 0 saturated carbocycles. The van der Waals surface area contributed by atoms with Crippen LogP contribution in [0.5, 0.6) is 0 Å². The summed E-state index contributed by atoms with van der Waals surface area (Å²) in [6.45, 7) is 5.13. The van der Waals surface area contributed by atoms with Gasteiger partial charge in [-0.15, -0.1) is 0 Å². The number of hydrogen-bond donors (Lipinski definition) is 1. The van der Waals surface area contributed by atoms with E-state index in [1.54, 1.807) is 44.2 Å². The topological polar surface area (TPSA) is 99.9 Å². The molecule has 0 radical (unpaired) electrons. The van der Waals surface area contributed by atoms with E-state index >= 15 is 0 Å². The van der Waals surface area contributed by atoms with Crippen LogP contribution in [0.3, 0.4) is 0 Å². The largest absolute Gasteiger partial charge is 0.464 e. The van der Waals surface area contributed by atoms with Crippen LogP contribution in [0, 0.1) is 13.8 Å². The van der Waals surface area contributed by atoms with Gasteiger partial charge in [0, 0.05) is 13.1 Å². The molecule has 3 aromatic rings. The Kier molecular flexibility index (Phi) is 6.82. The Hall–Kier alpha value is -3.43. The van der Waals surface area contributed by atoms with Crippen LogP contribution in [0.1, 0.15) is 29.6 Å². The molecule has 0 aliphatic carbocycles. The third-order valence-corrected chi connectivity index (χ3v) is 8.05. The zero-order chi connectivity index (χ0) is 25.2. The van der Waals surface area contributed by atoms with E-state index in [9.17, 15) is 18.0 Å². The molecule has 2 amide bonds. The van der Waals surface area contributed by atoms with Gasteiger partial charge < -0.3 is 14.6 Å². The fraction of sp³-hybridized carbons (Fsp3) is 0.308. The minimum absolute atomic E-state index is 0.0559. The van der Waals surface area contributed by atoms with Crippen LogP contribution in [0.2, 0.25) is 0 Å². The summed E-state index contributed by atoms with van der Waals surface area (Å²) >= 11 is 0. The number of furan rings is 1. The molecule has 1 saturated heterocycles. The number of sulfonamides is 1. The van der Waals surface area contributed by atoms with Gasteiger partial charge in [-0.3, -0.25) is 9.59 Å². The number of carbonyl (C=O) groups is 2. The predicted octanol–water partition coefficient (Wildman–Crippen LogP) is 3.00. The van der Waals surface area contributed by atoms with Gasteiger partial charge >= 0.3 is 0 Å². The number of nitrogens with zero attached hydrogens (tertiary/aromatic N) is 2. The van der Waals surface area contributed by atoms with E-state index in [0.29, 0.717) is 11.5 Å². The fourth-order valence-corrected chi connectivity index (χ4v) is 5.67. The molecule has 35 heavy (non-hydrogen) atoms. The molecule has 1 N–H and O–H groups in total. The predicted molar refractivity (Wildman–Crippen MR) is 131 cm³/mol. The number of amides is 2. The molecule has 0 spiro atoms. The summed E-state index contributed by atoms with van der Waals surface area (Å²) in [5.74, 6) is 0.288. The van der Waals surface area contributed by atoms with Crippen molar-refractivity contribution < 1.29 is 22.4 Å². The molecule has 0 unspecified atom stereocenters. The number of benzene rings is 2. The SMILES string of the molecule is Cc1ccc(CNC(=O)[C@]2(C)CN(S(=O)(=O)c3ccccc3)CC(=O)N2Cc2ccc(C)o2)cc1. The van der Waals surface area contributed by atoms with Crippen molar-refractivity contribution in [1.29, 1.82) is 0 Å². The van der Waals surface area contributed by atoms with Crippen LogP contribution in [-0.4, -0.2) is 48.1 Å². The van der Waals surface area contributed by atoms with Crippen molar-refractivity contribution >= 4 is 21.8 Å². The molecule has 2 aromatic carbocycles. The maximum absolute atomic E-state index is 13.6. The Balaban J connectivity index is 1.64. The standard InChI is InChI=1S/C26H29N3O5S/c1-19-9-12-21(13-10-19)15-27-25(31)26(3)18-28(35(32,33)23-7-5-4-6-8-23)17-24(30)29(26)16-22-14-11-20(2)34-22/h4-14H,15-18H2,1-3H3,(H,27,31)/t26-/m0/s1.